The molecule has 0 fully saturated rings. The van der Waals surface area contributed by atoms with Gasteiger partial charge in [-0.1, -0.05) is 60.3 Å². The number of rotatable bonds is 8. The first-order chi connectivity index (χ1) is 17.0. The van der Waals surface area contributed by atoms with E-state index in [4.69, 9.17) is 4.74 Å². The molecule has 0 amide bonds. The average molecular weight is 487 g/mol. The highest BCUT2D eigenvalue weighted by atomic mass is 32.2. The first kappa shape index (κ1) is 22.9. The number of nitrogens with zero attached hydrogens (tertiary/aromatic N) is 4. The number of carbonyl (C=O) groups excluding carboxylic acids is 1. The van der Waals surface area contributed by atoms with E-state index in [0.717, 1.165) is 16.6 Å². The Bertz CT molecular complexity index is 1500. The van der Waals surface area contributed by atoms with Crippen LogP contribution in [0.5, 0.6) is 5.75 Å². The van der Waals surface area contributed by atoms with E-state index in [-0.39, 0.29) is 17.3 Å². The fourth-order valence-electron chi connectivity index (χ4n) is 4.01. The van der Waals surface area contributed by atoms with E-state index < -0.39 is 11.9 Å². The standard InChI is InChI=1S/C27H23FN4O2S/c1-18(34-25-15-9-7-13-22(25)28)26-29-30-27(32(26)19-10-4-3-5-11-19)35-17-24(33)21-16-31(2)23-14-8-6-12-20(21)23/h3-16,18H,17H2,1-2H3. The van der Waals surface area contributed by atoms with E-state index >= 15 is 0 Å². The van der Waals surface area contributed by atoms with Crippen LogP contribution in [0, 0.1) is 5.82 Å². The summed E-state index contributed by atoms with van der Waals surface area (Å²) in [7, 11) is 1.93. The maximum absolute atomic E-state index is 14.2. The second-order valence-electron chi connectivity index (χ2n) is 8.08. The number of carbonyl (C=O) groups is 1. The third kappa shape index (κ3) is 4.57. The largest absolute Gasteiger partial charge is 0.480 e. The Morgan fingerprint density at radius 3 is 2.51 bits per heavy atom. The minimum absolute atomic E-state index is 0.00613. The molecule has 1 atom stereocenters. The summed E-state index contributed by atoms with van der Waals surface area (Å²) in [6.07, 6.45) is 1.29. The lowest BCUT2D eigenvalue weighted by molar-refractivity contribution is 0.102. The van der Waals surface area contributed by atoms with Gasteiger partial charge in [0.1, 0.15) is 0 Å². The van der Waals surface area contributed by atoms with Gasteiger partial charge in [0.2, 0.25) is 0 Å². The highest BCUT2D eigenvalue weighted by Gasteiger charge is 2.23. The molecular formula is C27H23FN4O2S. The Kier molecular flexibility index (Phi) is 6.37. The number of hydrogen-bond donors (Lipinski definition) is 0. The number of fused-ring (bicyclic) bond motifs is 1. The smallest absolute Gasteiger partial charge is 0.196 e. The summed E-state index contributed by atoms with van der Waals surface area (Å²) in [6.45, 7) is 1.80. The van der Waals surface area contributed by atoms with Crippen molar-refractivity contribution >= 4 is 28.4 Å². The molecule has 3 aromatic carbocycles. The summed E-state index contributed by atoms with van der Waals surface area (Å²) >= 11 is 1.31. The van der Waals surface area contributed by atoms with Crippen molar-refractivity contribution in [3.8, 4) is 11.4 Å². The lowest BCUT2D eigenvalue weighted by atomic mass is 10.1. The zero-order chi connectivity index (χ0) is 24.4. The van der Waals surface area contributed by atoms with Crippen LogP contribution in [0.25, 0.3) is 16.6 Å². The number of para-hydroxylation sites is 3. The fraction of sp³-hybridized carbons (Fsp3) is 0.148. The molecule has 176 valence electrons. The molecule has 0 aliphatic carbocycles. The third-order valence-electron chi connectivity index (χ3n) is 5.71. The van der Waals surface area contributed by atoms with E-state index in [0.29, 0.717) is 16.5 Å². The molecular weight excluding hydrogens is 463 g/mol. The molecule has 6 nitrogen and oxygen atoms in total. The van der Waals surface area contributed by atoms with E-state index in [2.05, 4.69) is 10.2 Å². The second-order valence-corrected chi connectivity index (χ2v) is 9.03. The zero-order valence-electron chi connectivity index (χ0n) is 19.3. The summed E-state index contributed by atoms with van der Waals surface area (Å²) in [6, 6.07) is 23.7. The SMILES string of the molecule is CC(Oc1ccccc1F)c1nnc(SCC(=O)c2cn(C)c3ccccc23)n1-c1ccccc1. The molecule has 0 N–H and O–H groups in total. The maximum Gasteiger partial charge on any atom is 0.196 e. The van der Waals surface area contributed by atoms with Crippen LogP contribution in [0.15, 0.2) is 90.2 Å². The van der Waals surface area contributed by atoms with Gasteiger partial charge in [-0.3, -0.25) is 9.36 Å². The Morgan fingerprint density at radius 2 is 1.71 bits per heavy atom. The van der Waals surface area contributed by atoms with Crippen LogP contribution in [0.3, 0.4) is 0 Å². The van der Waals surface area contributed by atoms with Crippen LogP contribution in [0.4, 0.5) is 4.39 Å². The number of hydrogen-bond acceptors (Lipinski definition) is 5. The summed E-state index contributed by atoms with van der Waals surface area (Å²) in [5.74, 6) is 0.413. The van der Waals surface area contributed by atoms with Crippen molar-refractivity contribution in [1.82, 2.24) is 19.3 Å². The first-order valence-electron chi connectivity index (χ1n) is 11.1. The van der Waals surface area contributed by atoms with Gasteiger partial charge >= 0.3 is 0 Å². The van der Waals surface area contributed by atoms with E-state index in [1.165, 1.54) is 17.8 Å². The highest BCUT2D eigenvalue weighted by Crippen LogP contribution is 2.30. The average Bonchev–Trinajstić information content (AvgIpc) is 3.46. The zero-order valence-corrected chi connectivity index (χ0v) is 20.1. The summed E-state index contributed by atoms with van der Waals surface area (Å²) in [5, 5.41) is 10.2. The molecule has 5 rings (SSSR count). The number of thioether (sulfide) groups is 1. The normalized spacial score (nSPS) is 12.1. The lowest BCUT2D eigenvalue weighted by Crippen LogP contribution is -2.12. The molecule has 0 spiro atoms. The lowest BCUT2D eigenvalue weighted by Gasteiger charge is -2.17. The predicted octanol–water partition coefficient (Wildman–Crippen LogP) is 6.01. The minimum Gasteiger partial charge on any atom is -0.480 e. The van der Waals surface area contributed by atoms with Crippen LogP contribution < -0.4 is 4.74 Å². The van der Waals surface area contributed by atoms with E-state index in [1.807, 2.05) is 77.0 Å². The van der Waals surface area contributed by atoms with Crippen LogP contribution >= 0.6 is 11.8 Å². The van der Waals surface area contributed by atoms with Gasteiger partial charge in [-0.25, -0.2) is 4.39 Å². The molecule has 0 saturated heterocycles. The number of Topliss-reactive ketones (excluding diaryl/α,β-unsaturated/α-hetero) is 1. The number of benzene rings is 3. The van der Waals surface area contributed by atoms with Crippen LogP contribution in [-0.2, 0) is 7.05 Å². The fourth-order valence-corrected chi connectivity index (χ4v) is 4.86. The van der Waals surface area contributed by atoms with Gasteiger partial charge in [0, 0.05) is 35.4 Å². The molecule has 0 saturated carbocycles. The maximum atomic E-state index is 14.2. The van der Waals surface area contributed by atoms with Gasteiger partial charge in [-0.05, 0) is 37.3 Å². The van der Waals surface area contributed by atoms with Gasteiger partial charge in [0.25, 0.3) is 0 Å². The number of ether oxygens (including phenoxy) is 1. The number of halogens is 1. The van der Waals surface area contributed by atoms with E-state index in [9.17, 15) is 9.18 Å². The Morgan fingerprint density at radius 1 is 1.00 bits per heavy atom. The number of ketones is 1. The molecule has 0 radical (unpaired) electrons. The van der Waals surface area contributed by atoms with Gasteiger partial charge in [-0.2, -0.15) is 0 Å². The molecule has 0 aliphatic heterocycles. The first-order valence-corrected chi connectivity index (χ1v) is 12.1. The summed E-state index contributed by atoms with van der Waals surface area (Å²) < 4.78 is 23.9. The van der Waals surface area contributed by atoms with Crippen LogP contribution in [0.2, 0.25) is 0 Å². The predicted molar refractivity (Wildman–Crippen MR) is 135 cm³/mol. The van der Waals surface area contributed by atoms with Gasteiger partial charge in [0.05, 0.1) is 5.75 Å². The Balaban J connectivity index is 1.43. The molecule has 8 heteroatoms. The molecule has 5 aromatic rings. The molecule has 1 unspecified atom stereocenters. The molecule has 2 aromatic heterocycles. The van der Waals surface area contributed by atoms with Crippen molar-refractivity contribution in [2.45, 2.75) is 18.2 Å². The molecule has 0 bridgehead atoms. The second kappa shape index (κ2) is 9.76. The third-order valence-corrected chi connectivity index (χ3v) is 6.64. The van der Waals surface area contributed by atoms with E-state index in [1.54, 1.807) is 25.1 Å². The minimum atomic E-state index is -0.581. The Labute approximate surface area is 206 Å². The van der Waals surface area contributed by atoms with Gasteiger partial charge < -0.3 is 9.30 Å². The van der Waals surface area contributed by atoms with Crippen molar-refractivity contribution in [1.29, 1.82) is 0 Å². The van der Waals surface area contributed by atoms with Crippen molar-refractivity contribution in [3.63, 3.8) is 0 Å². The van der Waals surface area contributed by atoms with Crippen LogP contribution in [0.1, 0.15) is 29.2 Å². The molecule has 2 heterocycles. The van der Waals surface area contributed by atoms with Crippen molar-refractivity contribution in [3.05, 3.63) is 102 Å². The quantitative estimate of drug-likeness (QED) is 0.198. The van der Waals surface area contributed by atoms with Gasteiger partial charge in [0.15, 0.2) is 34.4 Å². The molecule has 0 aliphatic rings. The van der Waals surface area contributed by atoms with Crippen molar-refractivity contribution in [2.24, 2.45) is 7.05 Å². The Hall–Kier alpha value is -3.91. The number of aromatic nitrogens is 4. The molecule has 35 heavy (non-hydrogen) atoms. The highest BCUT2D eigenvalue weighted by molar-refractivity contribution is 7.99. The monoisotopic (exact) mass is 486 g/mol. The van der Waals surface area contributed by atoms with Crippen molar-refractivity contribution in [2.75, 3.05) is 5.75 Å². The summed E-state index contributed by atoms with van der Waals surface area (Å²) in [5.41, 5.74) is 2.52. The number of aryl methyl sites for hydroxylation is 1. The topological polar surface area (TPSA) is 61.9 Å². The van der Waals surface area contributed by atoms with Crippen molar-refractivity contribution < 1.29 is 13.9 Å². The summed E-state index contributed by atoms with van der Waals surface area (Å²) in [4.78, 5) is 13.2. The van der Waals surface area contributed by atoms with Crippen LogP contribution in [-0.4, -0.2) is 30.9 Å². The van der Waals surface area contributed by atoms with Gasteiger partial charge in [-0.15, -0.1) is 10.2 Å².